The summed E-state index contributed by atoms with van der Waals surface area (Å²) >= 11 is 0. The number of carbonyl (C=O) groups excluding carboxylic acids is 2. The molecule has 0 saturated heterocycles. The molecule has 2 unspecified atom stereocenters. The van der Waals surface area contributed by atoms with Crippen LogP contribution in [0, 0.1) is 0 Å². The quantitative estimate of drug-likeness (QED) is 0.0495. The Morgan fingerprint density at radius 1 is 0.634 bits per heavy atom. The lowest BCUT2D eigenvalue weighted by Crippen LogP contribution is -2.30. The van der Waals surface area contributed by atoms with Crippen LogP contribution in [0.5, 0.6) is 0 Å². The van der Waals surface area contributed by atoms with Crippen LogP contribution in [0.25, 0.3) is 0 Å². The van der Waals surface area contributed by atoms with Gasteiger partial charge in [0.05, 0.1) is 33.0 Å². The number of hydrogen-bond donors (Lipinski definition) is 5. The van der Waals surface area contributed by atoms with Gasteiger partial charge in [0, 0.05) is 12.8 Å². The molecule has 0 aromatic rings. The van der Waals surface area contributed by atoms with Crippen molar-refractivity contribution in [1.82, 2.24) is 0 Å². The molecule has 5 atom stereocenters. The number of rotatable bonds is 27. The molecular formula is C24H48O15P2. The van der Waals surface area contributed by atoms with E-state index in [4.69, 9.17) is 24.2 Å². The third-order valence-corrected chi connectivity index (χ3v) is 7.27. The van der Waals surface area contributed by atoms with Gasteiger partial charge in [0.1, 0.15) is 18.8 Å². The van der Waals surface area contributed by atoms with Crippen molar-refractivity contribution in [2.75, 3.05) is 39.6 Å². The van der Waals surface area contributed by atoms with Gasteiger partial charge in [-0.2, -0.15) is 0 Å². The zero-order valence-electron chi connectivity index (χ0n) is 24.0. The zero-order chi connectivity index (χ0) is 31.2. The van der Waals surface area contributed by atoms with Gasteiger partial charge in [-0.1, -0.05) is 58.8 Å². The third kappa shape index (κ3) is 24.2. The first kappa shape index (κ1) is 40.0. The van der Waals surface area contributed by atoms with Crippen LogP contribution in [0.2, 0.25) is 0 Å². The second-order valence-electron chi connectivity index (χ2n) is 9.38. The van der Waals surface area contributed by atoms with E-state index in [0.717, 1.165) is 44.9 Å². The van der Waals surface area contributed by atoms with Crippen molar-refractivity contribution in [1.29, 1.82) is 0 Å². The first-order valence-electron chi connectivity index (χ1n) is 13.9. The molecular weight excluding hydrogens is 590 g/mol. The molecule has 244 valence electrons. The fourth-order valence-electron chi connectivity index (χ4n) is 3.08. The highest BCUT2D eigenvalue weighted by atomic mass is 31.2. The summed E-state index contributed by atoms with van der Waals surface area (Å²) in [5, 5.41) is 27.6. The minimum absolute atomic E-state index is 0.104. The highest BCUT2D eigenvalue weighted by Gasteiger charge is 2.29. The van der Waals surface area contributed by atoms with Crippen LogP contribution < -0.4 is 0 Å². The largest absolute Gasteiger partial charge is 0.472 e. The lowest BCUT2D eigenvalue weighted by atomic mass is 10.1. The van der Waals surface area contributed by atoms with Crippen LogP contribution in [-0.2, 0) is 46.3 Å². The topological polar surface area (TPSA) is 225 Å². The van der Waals surface area contributed by atoms with Gasteiger partial charge in [-0.25, -0.2) is 9.13 Å². The molecule has 5 N–H and O–H groups in total. The average molecular weight is 639 g/mol. The van der Waals surface area contributed by atoms with Crippen molar-refractivity contribution >= 4 is 27.6 Å². The number of aliphatic hydroxyl groups is 3. The molecule has 0 saturated carbocycles. The fraction of sp³-hybridized carbons (Fsp3) is 0.917. The van der Waals surface area contributed by atoms with Crippen LogP contribution in [0.15, 0.2) is 0 Å². The lowest BCUT2D eigenvalue weighted by Gasteiger charge is -2.21. The molecule has 0 rings (SSSR count). The highest BCUT2D eigenvalue weighted by Crippen LogP contribution is 2.45. The maximum Gasteiger partial charge on any atom is 0.472 e. The first-order chi connectivity index (χ1) is 19.3. The van der Waals surface area contributed by atoms with E-state index >= 15 is 0 Å². The minimum atomic E-state index is -4.81. The summed E-state index contributed by atoms with van der Waals surface area (Å²) in [6.45, 7) is -0.123. The second kappa shape index (κ2) is 23.5. The summed E-state index contributed by atoms with van der Waals surface area (Å²) < 4.78 is 52.7. The summed E-state index contributed by atoms with van der Waals surface area (Å²) in [6.07, 6.45) is 4.16. The summed E-state index contributed by atoms with van der Waals surface area (Å²) in [5.74, 6) is -1.10. The molecule has 0 aliphatic heterocycles. The van der Waals surface area contributed by atoms with E-state index in [2.05, 4.69) is 20.5 Å². The lowest BCUT2D eigenvalue weighted by molar-refractivity contribution is -0.161. The Kier molecular flexibility index (Phi) is 22.9. The molecule has 41 heavy (non-hydrogen) atoms. The van der Waals surface area contributed by atoms with Crippen molar-refractivity contribution in [3.8, 4) is 0 Å². The molecule has 0 radical (unpaired) electrons. The number of phosphoric acid groups is 2. The Hall–Kier alpha value is -0.960. The smallest absolute Gasteiger partial charge is 0.462 e. The number of carbonyl (C=O) groups is 2. The maximum atomic E-state index is 12.2. The Morgan fingerprint density at radius 2 is 1.07 bits per heavy atom. The molecule has 0 amide bonds. The predicted molar refractivity (Wildman–Crippen MR) is 146 cm³/mol. The molecule has 15 nitrogen and oxygen atoms in total. The van der Waals surface area contributed by atoms with Crippen LogP contribution in [0.4, 0.5) is 0 Å². The normalized spacial score (nSPS) is 16.8. The second-order valence-corrected chi connectivity index (χ2v) is 12.3. The van der Waals surface area contributed by atoms with Crippen LogP contribution in [0.1, 0.15) is 84.5 Å². The number of aliphatic hydroxyl groups excluding tert-OH is 3. The number of phosphoric ester groups is 2. The third-order valence-electron chi connectivity index (χ3n) is 5.37. The van der Waals surface area contributed by atoms with Gasteiger partial charge < -0.3 is 34.6 Å². The average Bonchev–Trinajstić information content (AvgIpc) is 2.93. The van der Waals surface area contributed by atoms with Crippen molar-refractivity contribution in [3.63, 3.8) is 0 Å². The molecule has 0 aliphatic rings. The van der Waals surface area contributed by atoms with Gasteiger partial charge in [-0.05, 0) is 12.8 Å². The van der Waals surface area contributed by atoms with Crippen molar-refractivity contribution in [3.05, 3.63) is 0 Å². The van der Waals surface area contributed by atoms with Gasteiger partial charge in [-0.15, -0.1) is 0 Å². The number of ether oxygens (including phenoxy) is 2. The Morgan fingerprint density at radius 3 is 1.63 bits per heavy atom. The van der Waals surface area contributed by atoms with E-state index in [1.165, 1.54) is 0 Å². The Bertz CT molecular complexity index is 797. The molecule has 0 aromatic carbocycles. The minimum Gasteiger partial charge on any atom is -0.462 e. The first-order valence-corrected chi connectivity index (χ1v) is 16.9. The van der Waals surface area contributed by atoms with Gasteiger partial charge in [-0.3, -0.25) is 27.7 Å². The molecule has 0 aromatic heterocycles. The Balaban J connectivity index is 4.71. The van der Waals surface area contributed by atoms with Gasteiger partial charge in [0.2, 0.25) is 0 Å². The van der Waals surface area contributed by atoms with Gasteiger partial charge >= 0.3 is 27.6 Å². The monoisotopic (exact) mass is 638 g/mol. The van der Waals surface area contributed by atoms with Gasteiger partial charge in [0.25, 0.3) is 0 Å². The SMILES string of the molecule is CCCCCCCCC(=O)OC[C@H](COP(=O)(O)OC[C@@H](O)COP(=O)(O)OC[C@H](O)CO)OC(=O)CCCCC. The number of esters is 2. The summed E-state index contributed by atoms with van der Waals surface area (Å²) in [6, 6.07) is 0. The summed E-state index contributed by atoms with van der Waals surface area (Å²) in [5.41, 5.74) is 0. The van der Waals surface area contributed by atoms with Crippen molar-refractivity contribution in [2.24, 2.45) is 0 Å². The molecule has 0 aliphatic carbocycles. The Labute approximate surface area is 241 Å². The number of unbranched alkanes of at least 4 members (excludes halogenated alkanes) is 7. The van der Waals surface area contributed by atoms with Crippen LogP contribution in [0.3, 0.4) is 0 Å². The molecule has 0 bridgehead atoms. The van der Waals surface area contributed by atoms with E-state index in [9.17, 15) is 33.6 Å². The predicted octanol–water partition coefficient (Wildman–Crippen LogP) is 2.75. The van der Waals surface area contributed by atoms with Crippen LogP contribution >= 0.6 is 15.6 Å². The zero-order valence-corrected chi connectivity index (χ0v) is 25.8. The van der Waals surface area contributed by atoms with E-state index < -0.39 is 85.5 Å². The molecule has 17 heteroatoms. The standard InChI is InChI=1S/C24H48O15P2/c1-3-5-7-8-9-11-12-23(28)34-18-22(39-24(29)13-10-6-4-2)19-38-41(32,33)37-17-21(27)16-36-40(30,31)35-15-20(26)14-25/h20-22,25-27H,3-19H2,1-2H3,(H,30,31)(H,32,33)/t20-,21+,22-/m1/s1. The highest BCUT2D eigenvalue weighted by molar-refractivity contribution is 7.47. The molecule has 0 heterocycles. The van der Waals surface area contributed by atoms with Gasteiger partial charge in [0.15, 0.2) is 6.10 Å². The number of hydrogen-bond acceptors (Lipinski definition) is 13. The molecule has 0 spiro atoms. The maximum absolute atomic E-state index is 12.2. The fourth-order valence-corrected chi connectivity index (χ4v) is 4.67. The summed E-state index contributed by atoms with van der Waals surface area (Å²) in [7, 11) is -9.51. The van der Waals surface area contributed by atoms with E-state index in [1.54, 1.807) is 0 Å². The summed E-state index contributed by atoms with van der Waals surface area (Å²) in [4.78, 5) is 43.6. The molecule has 0 fully saturated rings. The van der Waals surface area contributed by atoms with E-state index in [-0.39, 0.29) is 12.8 Å². The van der Waals surface area contributed by atoms with E-state index in [1.807, 2.05) is 6.92 Å². The van der Waals surface area contributed by atoms with Crippen molar-refractivity contribution < 1.29 is 71.4 Å². The van der Waals surface area contributed by atoms with Crippen LogP contribution in [-0.4, -0.2) is 95.0 Å². The van der Waals surface area contributed by atoms with E-state index in [0.29, 0.717) is 12.8 Å². The van der Waals surface area contributed by atoms with Crippen molar-refractivity contribution in [2.45, 2.75) is 103 Å².